The van der Waals surface area contributed by atoms with Gasteiger partial charge in [0.15, 0.2) is 0 Å². The summed E-state index contributed by atoms with van der Waals surface area (Å²) in [5.41, 5.74) is 0.562. The van der Waals surface area contributed by atoms with E-state index in [1.165, 1.54) is 29.2 Å². The van der Waals surface area contributed by atoms with Gasteiger partial charge in [-0.05, 0) is 54.6 Å². The van der Waals surface area contributed by atoms with Crippen LogP contribution in [0.25, 0.3) is 10.9 Å². The van der Waals surface area contributed by atoms with E-state index in [-0.39, 0.29) is 12.1 Å². The van der Waals surface area contributed by atoms with Gasteiger partial charge in [0.2, 0.25) is 5.88 Å². The third-order valence-electron chi connectivity index (χ3n) is 4.57. The summed E-state index contributed by atoms with van der Waals surface area (Å²) in [6, 6.07) is 11.8. The van der Waals surface area contributed by atoms with Gasteiger partial charge in [-0.3, -0.25) is 0 Å². The zero-order valence-corrected chi connectivity index (χ0v) is 14.9. The lowest BCUT2D eigenvalue weighted by Gasteiger charge is -2.29. The van der Waals surface area contributed by atoms with Crippen molar-refractivity contribution in [2.75, 3.05) is 11.4 Å². The number of allylic oxidation sites excluding steroid dienone is 2. The van der Waals surface area contributed by atoms with Gasteiger partial charge in [0.1, 0.15) is 5.75 Å². The van der Waals surface area contributed by atoms with E-state index in [1.807, 2.05) is 12.1 Å². The van der Waals surface area contributed by atoms with Gasteiger partial charge in [-0.1, -0.05) is 6.07 Å². The number of nitrogens with one attached hydrogen (secondary N) is 1. The number of aromatic amines is 1. The maximum absolute atomic E-state index is 12.9. The molecule has 0 atom stereocenters. The number of nitrogens with zero attached hydrogens (tertiary/aromatic N) is 1. The normalized spacial score (nSPS) is 14.5. The predicted molar refractivity (Wildman–Crippen MR) is 102 cm³/mol. The third-order valence-corrected chi connectivity index (χ3v) is 4.57. The van der Waals surface area contributed by atoms with E-state index < -0.39 is 17.7 Å². The molecule has 0 saturated heterocycles. The molecule has 0 unspecified atom stereocenters. The van der Waals surface area contributed by atoms with Crippen molar-refractivity contribution in [2.24, 2.45) is 0 Å². The van der Waals surface area contributed by atoms with E-state index in [0.717, 1.165) is 23.0 Å². The van der Waals surface area contributed by atoms with Crippen LogP contribution in [0.15, 0.2) is 78.3 Å². The molecule has 1 aliphatic heterocycles. The molecule has 0 amide bonds. The third kappa shape index (κ3) is 3.69. The monoisotopic (exact) mass is 400 g/mol. The van der Waals surface area contributed by atoms with Crippen LogP contribution in [0.2, 0.25) is 0 Å². The Morgan fingerprint density at radius 3 is 2.52 bits per heavy atom. The molecule has 0 aliphatic carbocycles. The van der Waals surface area contributed by atoms with Crippen LogP contribution in [0.4, 0.5) is 18.9 Å². The fraction of sp³-hybridized carbons (Fsp3) is 0.0952. The van der Waals surface area contributed by atoms with Crippen LogP contribution in [-0.2, 0) is 11.0 Å². The van der Waals surface area contributed by atoms with E-state index in [4.69, 9.17) is 4.74 Å². The molecule has 0 spiro atoms. The molecule has 4 rings (SSSR count). The van der Waals surface area contributed by atoms with Gasteiger partial charge in [0.05, 0.1) is 17.7 Å². The summed E-state index contributed by atoms with van der Waals surface area (Å²) >= 11 is 0. The van der Waals surface area contributed by atoms with Crippen LogP contribution >= 0.6 is 0 Å². The Balaban J connectivity index is 1.71. The molecule has 3 aromatic rings. The molecule has 0 fully saturated rings. The zero-order valence-electron chi connectivity index (χ0n) is 14.9. The summed E-state index contributed by atoms with van der Waals surface area (Å²) in [5.74, 6) is -0.257. The summed E-state index contributed by atoms with van der Waals surface area (Å²) in [6.07, 6.45) is 0.236. The second kappa shape index (κ2) is 7.05. The Kier molecular flexibility index (Phi) is 4.54. The fourth-order valence-electron chi connectivity index (χ4n) is 3.10. The van der Waals surface area contributed by atoms with Crippen LogP contribution in [0.3, 0.4) is 0 Å². The second-order valence-corrected chi connectivity index (χ2v) is 6.43. The van der Waals surface area contributed by atoms with E-state index in [1.54, 1.807) is 18.3 Å². The number of hydrogen-bond acceptors (Lipinski definition) is 3. The molecule has 0 bridgehead atoms. The van der Waals surface area contributed by atoms with Crippen molar-refractivity contribution < 1.29 is 27.8 Å². The number of aliphatic carboxylic acids is 1. The zero-order chi connectivity index (χ0) is 20.6. The second-order valence-electron chi connectivity index (χ2n) is 6.43. The molecular weight excluding hydrogens is 385 g/mol. The average molecular weight is 400 g/mol. The lowest BCUT2D eigenvalue weighted by Crippen LogP contribution is -2.32. The van der Waals surface area contributed by atoms with E-state index in [2.05, 4.69) is 4.98 Å². The van der Waals surface area contributed by atoms with Gasteiger partial charge < -0.3 is 19.7 Å². The first-order valence-corrected chi connectivity index (χ1v) is 8.66. The number of benzene rings is 2. The highest BCUT2D eigenvalue weighted by atomic mass is 19.4. The number of halogens is 3. The Hall–Kier alpha value is -3.68. The maximum atomic E-state index is 12.9. The lowest BCUT2D eigenvalue weighted by molar-refractivity contribution is -0.137. The first-order valence-electron chi connectivity index (χ1n) is 8.66. The van der Waals surface area contributed by atoms with Gasteiger partial charge in [-0.15, -0.1) is 0 Å². The van der Waals surface area contributed by atoms with E-state index in [0.29, 0.717) is 17.3 Å². The van der Waals surface area contributed by atoms with Gasteiger partial charge in [-0.25, -0.2) is 4.79 Å². The summed E-state index contributed by atoms with van der Waals surface area (Å²) < 4.78 is 44.6. The Labute approximate surface area is 163 Å². The highest BCUT2D eigenvalue weighted by Gasteiger charge is 2.31. The minimum Gasteiger partial charge on any atom is -0.478 e. The predicted octanol–water partition coefficient (Wildman–Crippen LogP) is 4.94. The maximum Gasteiger partial charge on any atom is 0.416 e. The standard InChI is InChI=1S/C21H15F3N2O3/c22-21(23,24)14-5-7-15(8-6-14)26-12-13(20(27)28)4-9-19(26)29-18-3-1-2-17-16(18)10-11-25-17/h1-11,25H,12H2,(H,27,28). The number of alkyl halides is 3. The van der Waals surface area contributed by atoms with Crippen LogP contribution in [0.5, 0.6) is 5.75 Å². The van der Waals surface area contributed by atoms with E-state index in [9.17, 15) is 23.1 Å². The van der Waals surface area contributed by atoms with Crippen molar-refractivity contribution >= 4 is 22.6 Å². The molecule has 0 saturated carbocycles. The topological polar surface area (TPSA) is 65.6 Å². The number of H-pyrrole nitrogens is 1. The number of carbonyl (C=O) groups is 1. The number of anilines is 1. The summed E-state index contributed by atoms with van der Waals surface area (Å²) in [6.45, 7) is -0.0460. The Bertz CT molecular complexity index is 1130. The quantitative estimate of drug-likeness (QED) is 0.651. The number of rotatable bonds is 4. The van der Waals surface area contributed by atoms with Crippen LogP contribution in [-0.4, -0.2) is 22.6 Å². The highest BCUT2D eigenvalue weighted by molar-refractivity contribution is 5.89. The summed E-state index contributed by atoms with van der Waals surface area (Å²) in [7, 11) is 0. The number of carboxylic acid groups (broad SMARTS) is 1. The van der Waals surface area contributed by atoms with Gasteiger partial charge >= 0.3 is 12.1 Å². The van der Waals surface area contributed by atoms with Crippen LogP contribution < -0.4 is 9.64 Å². The number of carboxylic acids is 1. The summed E-state index contributed by atoms with van der Waals surface area (Å²) in [5, 5.41) is 10.2. The fourth-order valence-corrected chi connectivity index (χ4v) is 3.10. The molecule has 2 aromatic carbocycles. The molecule has 1 aliphatic rings. The molecule has 2 N–H and O–H groups in total. The first-order chi connectivity index (χ1) is 13.8. The van der Waals surface area contributed by atoms with Gasteiger partial charge in [-0.2, -0.15) is 13.2 Å². The Morgan fingerprint density at radius 1 is 1.07 bits per heavy atom. The molecule has 29 heavy (non-hydrogen) atoms. The van der Waals surface area contributed by atoms with Crippen molar-refractivity contribution in [2.45, 2.75) is 6.18 Å². The van der Waals surface area contributed by atoms with Crippen molar-refractivity contribution in [1.29, 1.82) is 0 Å². The number of ether oxygens (including phenoxy) is 1. The van der Waals surface area contributed by atoms with Crippen LogP contribution in [0, 0.1) is 0 Å². The molecule has 8 heteroatoms. The van der Waals surface area contributed by atoms with Crippen molar-refractivity contribution in [3.05, 3.63) is 83.9 Å². The van der Waals surface area contributed by atoms with Crippen molar-refractivity contribution in [3.63, 3.8) is 0 Å². The molecule has 2 heterocycles. The smallest absolute Gasteiger partial charge is 0.416 e. The minimum atomic E-state index is -4.45. The van der Waals surface area contributed by atoms with Gasteiger partial charge in [0, 0.05) is 22.8 Å². The summed E-state index contributed by atoms with van der Waals surface area (Å²) in [4.78, 5) is 16.0. The molecule has 5 nitrogen and oxygen atoms in total. The number of fused-ring (bicyclic) bond motifs is 1. The SMILES string of the molecule is O=C(O)C1=CC=C(Oc2cccc3[nH]ccc23)N(c2ccc(C(F)(F)F)cc2)C1. The number of aromatic nitrogens is 1. The molecule has 148 valence electrons. The lowest BCUT2D eigenvalue weighted by atomic mass is 10.1. The highest BCUT2D eigenvalue weighted by Crippen LogP contribution is 2.33. The van der Waals surface area contributed by atoms with Crippen LogP contribution in [0.1, 0.15) is 5.56 Å². The van der Waals surface area contributed by atoms with Gasteiger partial charge in [0.25, 0.3) is 0 Å². The van der Waals surface area contributed by atoms with E-state index >= 15 is 0 Å². The van der Waals surface area contributed by atoms with Crippen molar-refractivity contribution in [3.8, 4) is 5.75 Å². The minimum absolute atomic E-state index is 0.0460. The molecule has 1 aromatic heterocycles. The van der Waals surface area contributed by atoms with Crippen molar-refractivity contribution in [1.82, 2.24) is 4.98 Å². The average Bonchev–Trinajstić information content (AvgIpc) is 3.17. The Morgan fingerprint density at radius 2 is 1.83 bits per heavy atom. The molecular formula is C21H15F3N2O3. The first kappa shape index (κ1) is 18.7. The largest absolute Gasteiger partial charge is 0.478 e. The molecule has 0 radical (unpaired) electrons. The number of hydrogen-bond donors (Lipinski definition) is 2.